The summed E-state index contributed by atoms with van der Waals surface area (Å²) in [6.45, 7) is 2.41. The zero-order valence-corrected chi connectivity index (χ0v) is 8.69. The van der Waals surface area contributed by atoms with E-state index in [2.05, 4.69) is 0 Å². The Labute approximate surface area is 88.6 Å². The number of likely N-dealkylation sites (tertiary alicyclic amines) is 2. The van der Waals surface area contributed by atoms with Crippen molar-refractivity contribution in [2.75, 3.05) is 26.2 Å². The van der Waals surface area contributed by atoms with Crippen molar-refractivity contribution in [1.82, 2.24) is 9.80 Å². The quantitative estimate of drug-likeness (QED) is 0.692. The maximum absolute atomic E-state index is 11.8. The molecule has 2 amide bonds. The van der Waals surface area contributed by atoms with E-state index in [1.165, 1.54) is 6.42 Å². The first-order valence-electron chi connectivity index (χ1n) is 5.45. The molecule has 2 fully saturated rings. The summed E-state index contributed by atoms with van der Waals surface area (Å²) in [6, 6.07) is 0.0206. The second-order valence-electron chi connectivity index (χ2n) is 4.27. The van der Waals surface area contributed by atoms with Gasteiger partial charge in [0, 0.05) is 26.2 Å². The van der Waals surface area contributed by atoms with Gasteiger partial charge in [0.15, 0.2) is 0 Å². The van der Waals surface area contributed by atoms with Gasteiger partial charge in [0.25, 0.3) is 0 Å². The third kappa shape index (κ3) is 2.06. The number of carbonyl (C=O) groups excluding carboxylic acids is 1. The van der Waals surface area contributed by atoms with E-state index in [1.807, 2.05) is 4.90 Å². The van der Waals surface area contributed by atoms with Crippen LogP contribution in [-0.2, 0) is 4.79 Å². The normalized spacial score (nSPS) is 22.4. The molecule has 0 atom stereocenters. The van der Waals surface area contributed by atoms with Gasteiger partial charge in [-0.25, -0.2) is 4.79 Å². The van der Waals surface area contributed by atoms with Gasteiger partial charge >= 0.3 is 12.0 Å². The molecule has 2 aliphatic rings. The molecule has 0 unspecified atom stereocenters. The van der Waals surface area contributed by atoms with E-state index in [0.717, 1.165) is 25.9 Å². The van der Waals surface area contributed by atoms with Crippen LogP contribution >= 0.6 is 0 Å². The van der Waals surface area contributed by atoms with Crippen molar-refractivity contribution in [2.24, 2.45) is 5.92 Å². The maximum Gasteiger partial charge on any atom is 0.320 e. The summed E-state index contributed by atoms with van der Waals surface area (Å²) < 4.78 is 0. The molecule has 0 aromatic heterocycles. The van der Waals surface area contributed by atoms with Crippen molar-refractivity contribution in [3.63, 3.8) is 0 Å². The average molecular weight is 212 g/mol. The lowest BCUT2D eigenvalue weighted by Crippen LogP contribution is -2.57. The van der Waals surface area contributed by atoms with E-state index in [1.54, 1.807) is 4.90 Å². The van der Waals surface area contributed by atoms with Gasteiger partial charge in [0.2, 0.25) is 0 Å². The highest BCUT2D eigenvalue weighted by atomic mass is 16.4. The number of amides is 2. The molecule has 0 aromatic rings. The Kier molecular flexibility index (Phi) is 2.79. The molecule has 2 aliphatic heterocycles. The third-order valence-electron chi connectivity index (χ3n) is 3.13. The number of carboxylic acids is 1. The standard InChI is InChI=1S/C10H16N2O3/c13-9(14)8-6-12(7-8)10(15)11-4-2-1-3-5-11/h8H,1-7H2,(H,13,14). The van der Waals surface area contributed by atoms with Gasteiger partial charge in [-0.15, -0.1) is 0 Å². The average Bonchev–Trinajstić information content (AvgIpc) is 2.16. The van der Waals surface area contributed by atoms with Crippen LogP contribution in [0.1, 0.15) is 19.3 Å². The zero-order valence-electron chi connectivity index (χ0n) is 8.69. The van der Waals surface area contributed by atoms with E-state index in [-0.39, 0.29) is 11.9 Å². The van der Waals surface area contributed by atoms with Gasteiger partial charge in [0.05, 0.1) is 5.92 Å². The molecule has 1 N–H and O–H groups in total. The molecule has 0 aromatic carbocycles. The molecule has 5 nitrogen and oxygen atoms in total. The first-order valence-corrected chi connectivity index (χ1v) is 5.45. The van der Waals surface area contributed by atoms with E-state index in [4.69, 9.17) is 5.11 Å². The molecule has 0 spiro atoms. The van der Waals surface area contributed by atoms with E-state index in [9.17, 15) is 9.59 Å². The minimum atomic E-state index is -0.794. The summed E-state index contributed by atoms with van der Waals surface area (Å²) in [4.78, 5) is 25.8. The number of urea groups is 1. The van der Waals surface area contributed by atoms with Crippen molar-refractivity contribution in [1.29, 1.82) is 0 Å². The van der Waals surface area contributed by atoms with Crippen LogP contribution in [0.15, 0.2) is 0 Å². The number of nitrogens with zero attached hydrogens (tertiary/aromatic N) is 2. The Hall–Kier alpha value is -1.26. The molecule has 5 heteroatoms. The van der Waals surface area contributed by atoms with Gasteiger partial charge < -0.3 is 14.9 Å². The fraction of sp³-hybridized carbons (Fsp3) is 0.800. The first-order chi connectivity index (χ1) is 7.18. The summed E-state index contributed by atoms with van der Waals surface area (Å²) in [5, 5.41) is 8.69. The molecule has 0 saturated carbocycles. The Morgan fingerprint density at radius 2 is 1.60 bits per heavy atom. The van der Waals surface area contributed by atoms with E-state index < -0.39 is 5.97 Å². The second kappa shape index (κ2) is 4.08. The molecule has 0 radical (unpaired) electrons. The number of piperidine rings is 1. The predicted octanol–water partition coefficient (Wildman–Crippen LogP) is 0.609. The van der Waals surface area contributed by atoms with Crippen molar-refractivity contribution in [2.45, 2.75) is 19.3 Å². The smallest absolute Gasteiger partial charge is 0.320 e. The fourth-order valence-electron chi connectivity index (χ4n) is 2.08. The molecule has 0 bridgehead atoms. The lowest BCUT2D eigenvalue weighted by molar-refractivity contribution is -0.146. The Morgan fingerprint density at radius 3 is 2.13 bits per heavy atom. The highest BCUT2D eigenvalue weighted by Gasteiger charge is 2.37. The van der Waals surface area contributed by atoms with E-state index in [0.29, 0.717) is 13.1 Å². The van der Waals surface area contributed by atoms with Gasteiger partial charge in [-0.05, 0) is 19.3 Å². The second-order valence-corrected chi connectivity index (χ2v) is 4.27. The van der Waals surface area contributed by atoms with Crippen LogP contribution in [0.3, 0.4) is 0 Å². The molecule has 2 heterocycles. The van der Waals surface area contributed by atoms with Crippen LogP contribution in [0, 0.1) is 5.92 Å². The lowest BCUT2D eigenvalue weighted by atomic mass is 10.0. The van der Waals surface area contributed by atoms with Gasteiger partial charge in [-0.2, -0.15) is 0 Å². The fourth-order valence-corrected chi connectivity index (χ4v) is 2.08. The minimum Gasteiger partial charge on any atom is -0.481 e. The maximum atomic E-state index is 11.8. The third-order valence-corrected chi connectivity index (χ3v) is 3.13. The molecule has 0 aliphatic carbocycles. The van der Waals surface area contributed by atoms with Gasteiger partial charge in [0.1, 0.15) is 0 Å². The van der Waals surface area contributed by atoms with Gasteiger partial charge in [-0.1, -0.05) is 0 Å². The molecular formula is C10H16N2O3. The van der Waals surface area contributed by atoms with E-state index >= 15 is 0 Å². The molecule has 15 heavy (non-hydrogen) atoms. The van der Waals surface area contributed by atoms with Crippen LogP contribution in [0.2, 0.25) is 0 Å². The monoisotopic (exact) mass is 212 g/mol. The van der Waals surface area contributed by atoms with Crippen LogP contribution in [-0.4, -0.2) is 53.1 Å². The molecular weight excluding hydrogens is 196 g/mol. The topological polar surface area (TPSA) is 60.9 Å². The highest BCUT2D eigenvalue weighted by Crippen LogP contribution is 2.19. The van der Waals surface area contributed by atoms with Crippen molar-refractivity contribution < 1.29 is 14.7 Å². The van der Waals surface area contributed by atoms with Crippen LogP contribution in [0.25, 0.3) is 0 Å². The van der Waals surface area contributed by atoms with Crippen LogP contribution in [0.5, 0.6) is 0 Å². The van der Waals surface area contributed by atoms with Crippen molar-refractivity contribution in [3.8, 4) is 0 Å². The number of carboxylic acid groups (broad SMARTS) is 1. The summed E-state index contributed by atoms with van der Waals surface area (Å²) in [5.74, 6) is -1.14. The summed E-state index contributed by atoms with van der Waals surface area (Å²) in [6.07, 6.45) is 3.34. The Balaban J connectivity index is 1.80. The minimum absolute atomic E-state index is 0.0206. The first kappa shape index (κ1) is 10.3. The number of rotatable bonds is 1. The predicted molar refractivity (Wildman–Crippen MR) is 53.5 cm³/mol. The number of hydrogen-bond donors (Lipinski definition) is 1. The molecule has 84 valence electrons. The number of hydrogen-bond acceptors (Lipinski definition) is 2. The molecule has 2 saturated heterocycles. The van der Waals surface area contributed by atoms with Gasteiger partial charge in [-0.3, -0.25) is 4.79 Å². The number of aliphatic carboxylic acids is 1. The highest BCUT2D eigenvalue weighted by molar-refractivity contribution is 5.79. The Morgan fingerprint density at radius 1 is 1.00 bits per heavy atom. The SMILES string of the molecule is O=C(O)C1CN(C(=O)N2CCCCC2)C1. The van der Waals surface area contributed by atoms with Crippen molar-refractivity contribution >= 4 is 12.0 Å². The summed E-state index contributed by atoms with van der Waals surface area (Å²) in [5.41, 5.74) is 0. The Bertz CT molecular complexity index is 268. The van der Waals surface area contributed by atoms with Crippen LogP contribution in [0.4, 0.5) is 4.79 Å². The summed E-state index contributed by atoms with van der Waals surface area (Å²) >= 11 is 0. The zero-order chi connectivity index (χ0) is 10.8. The molecule has 2 rings (SSSR count). The number of carbonyl (C=O) groups is 2. The lowest BCUT2D eigenvalue weighted by Gasteiger charge is -2.40. The van der Waals surface area contributed by atoms with Crippen molar-refractivity contribution in [3.05, 3.63) is 0 Å². The largest absolute Gasteiger partial charge is 0.481 e. The van der Waals surface area contributed by atoms with Crippen LogP contribution < -0.4 is 0 Å². The summed E-state index contributed by atoms with van der Waals surface area (Å²) in [7, 11) is 0.